The molecule has 1 unspecified atom stereocenters. The molecule has 0 heterocycles. The van der Waals surface area contributed by atoms with Crippen LogP contribution >= 0.6 is 0 Å². The number of benzene rings is 2. The second kappa shape index (κ2) is 8.20. The Morgan fingerprint density at radius 3 is 2.64 bits per heavy atom. The summed E-state index contributed by atoms with van der Waals surface area (Å²) in [6.07, 6.45) is 0. The predicted molar refractivity (Wildman–Crippen MR) is 89.1 cm³/mol. The Morgan fingerprint density at radius 1 is 1.14 bits per heavy atom. The van der Waals surface area contributed by atoms with Gasteiger partial charge in [-0.15, -0.1) is 0 Å². The first-order valence-corrected chi connectivity index (χ1v) is 7.44. The van der Waals surface area contributed by atoms with Crippen LogP contribution in [0.5, 0.6) is 5.75 Å². The zero-order valence-electron chi connectivity index (χ0n) is 13.0. The third-order valence-electron chi connectivity index (χ3n) is 3.27. The van der Waals surface area contributed by atoms with E-state index in [2.05, 4.69) is 17.6 Å². The molecule has 2 aromatic carbocycles. The lowest BCUT2D eigenvalue weighted by molar-refractivity contribution is -0.114. The highest BCUT2D eigenvalue weighted by Gasteiger charge is 2.06. The number of hydrogen-bond donors (Lipinski definition) is 2. The van der Waals surface area contributed by atoms with E-state index in [0.29, 0.717) is 6.61 Å². The van der Waals surface area contributed by atoms with Crippen LogP contribution in [0.1, 0.15) is 25.5 Å². The van der Waals surface area contributed by atoms with Gasteiger partial charge in [0, 0.05) is 25.2 Å². The minimum absolute atomic E-state index is 0.0611. The third-order valence-corrected chi connectivity index (χ3v) is 3.27. The Morgan fingerprint density at radius 2 is 1.91 bits per heavy atom. The lowest BCUT2D eigenvalue weighted by Crippen LogP contribution is -2.24. The normalized spacial score (nSPS) is 11.7. The van der Waals surface area contributed by atoms with Gasteiger partial charge >= 0.3 is 0 Å². The molecule has 4 nitrogen and oxygen atoms in total. The fourth-order valence-electron chi connectivity index (χ4n) is 2.17. The fraction of sp³-hybridized carbons (Fsp3) is 0.278. The fourth-order valence-corrected chi connectivity index (χ4v) is 2.17. The van der Waals surface area contributed by atoms with Gasteiger partial charge in [-0.25, -0.2) is 0 Å². The number of amides is 1. The first kappa shape index (κ1) is 16.0. The zero-order chi connectivity index (χ0) is 15.8. The largest absolute Gasteiger partial charge is 0.492 e. The maximum Gasteiger partial charge on any atom is 0.221 e. The van der Waals surface area contributed by atoms with Crippen LogP contribution in [0.4, 0.5) is 5.69 Å². The van der Waals surface area contributed by atoms with Crippen LogP contribution in [-0.4, -0.2) is 19.1 Å². The average molecular weight is 298 g/mol. The van der Waals surface area contributed by atoms with Crippen molar-refractivity contribution in [2.75, 3.05) is 18.5 Å². The number of rotatable bonds is 7. The molecule has 22 heavy (non-hydrogen) atoms. The smallest absolute Gasteiger partial charge is 0.221 e. The van der Waals surface area contributed by atoms with Gasteiger partial charge in [-0.1, -0.05) is 30.3 Å². The van der Waals surface area contributed by atoms with E-state index in [9.17, 15) is 4.79 Å². The highest BCUT2D eigenvalue weighted by Crippen LogP contribution is 2.17. The number of ether oxygens (including phenoxy) is 1. The maximum absolute atomic E-state index is 11.1. The standard InChI is InChI=1S/C18H22N2O2/c1-14(16-7-6-8-17(13-16)20-15(2)21)19-11-12-22-18-9-4-3-5-10-18/h3-10,13-14,19H,11-12H2,1-2H3,(H,20,21). The van der Waals surface area contributed by atoms with Crippen molar-refractivity contribution in [1.29, 1.82) is 0 Å². The van der Waals surface area contributed by atoms with Crippen molar-refractivity contribution in [3.8, 4) is 5.75 Å². The topological polar surface area (TPSA) is 50.4 Å². The number of anilines is 1. The van der Waals surface area contributed by atoms with Crippen LogP contribution < -0.4 is 15.4 Å². The minimum atomic E-state index is -0.0611. The molecule has 2 N–H and O–H groups in total. The summed E-state index contributed by atoms with van der Waals surface area (Å²) in [6, 6.07) is 17.8. The minimum Gasteiger partial charge on any atom is -0.492 e. The summed E-state index contributed by atoms with van der Waals surface area (Å²) in [6.45, 7) is 4.96. The van der Waals surface area contributed by atoms with Crippen LogP contribution in [0.15, 0.2) is 54.6 Å². The van der Waals surface area contributed by atoms with E-state index in [0.717, 1.165) is 23.5 Å². The van der Waals surface area contributed by atoms with Crippen molar-refractivity contribution >= 4 is 11.6 Å². The van der Waals surface area contributed by atoms with E-state index in [4.69, 9.17) is 4.74 Å². The van der Waals surface area contributed by atoms with Crippen LogP contribution in [-0.2, 0) is 4.79 Å². The van der Waals surface area contributed by atoms with Crippen molar-refractivity contribution in [3.63, 3.8) is 0 Å². The van der Waals surface area contributed by atoms with Gasteiger partial charge in [0.15, 0.2) is 0 Å². The molecule has 0 saturated heterocycles. The van der Waals surface area contributed by atoms with E-state index in [1.54, 1.807) is 0 Å². The van der Waals surface area contributed by atoms with Gasteiger partial charge in [-0.3, -0.25) is 4.79 Å². The van der Waals surface area contributed by atoms with Crippen molar-refractivity contribution in [1.82, 2.24) is 5.32 Å². The Bertz CT molecular complexity index is 599. The first-order chi connectivity index (χ1) is 10.6. The lowest BCUT2D eigenvalue weighted by Gasteiger charge is -2.16. The van der Waals surface area contributed by atoms with Crippen molar-refractivity contribution < 1.29 is 9.53 Å². The third kappa shape index (κ3) is 5.22. The first-order valence-electron chi connectivity index (χ1n) is 7.44. The average Bonchev–Trinajstić information content (AvgIpc) is 2.52. The predicted octanol–water partition coefficient (Wildman–Crippen LogP) is 3.37. The van der Waals surface area contributed by atoms with Gasteiger partial charge in [0.2, 0.25) is 5.91 Å². The molecule has 1 atom stereocenters. The summed E-state index contributed by atoms with van der Waals surface area (Å²) in [5.74, 6) is 0.818. The van der Waals surface area contributed by atoms with Crippen molar-refractivity contribution in [3.05, 3.63) is 60.2 Å². The molecular formula is C18H22N2O2. The molecule has 0 bridgehead atoms. The number of hydrogen-bond acceptors (Lipinski definition) is 3. The highest BCUT2D eigenvalue weighted by atomic mass is 16.5. The van der Waals surface area contributed by atoms with E-state index < -0.39 is 0 Å². The molecule has 0 radical (unpaired) electrons. The molecule has 2 aromatic rings. The molecule has 0 aliphatic rings. The summed E-state index contributed by atoms with van der Waals surface area (Å²) in [5.41, 5.74) is 1.95. The lowest BCUT2D eigenvalue weighted by atomic mass is 10.1. The molecule has 0 aromatic heterocycles. The van der Waals surface area contributed by atoms with E-state index in [1.165, 1.54) is 6.92 Å². The van der Waals surface area contributed by atoms with Gasteiger partial charge in [0.05, 0.1) is 0 Å². The number of carbonyl (C=O) groups excluding carboxylic acids is 1. The molecular weight excluding hydrogens is 276 g/mol. The van der Waals surface area contributed by atoms with Crippen LogP contribution in [0.2, 0.25) is 0 Å². The summed E-state index contributed by atoms with van der Waals surface area (Å²) in [4.78, 5) is 11.1. The molecule has 2 rings (SSSR count). The van der Waals surface area contributed by atoms with E-state index >= 15 is 0 Å². The Labute approximate surface area is 131 Å². The molecule has 4 heteroatoms. The van der Waals surface area contributed by atoms with Crippen molar-refractivity contribution in [2.24, 2.45) is 0 Å². The molecule has 116 valence electrons. The second-order valence-corrected chi connectivity index (χ2v) is 5.14. The zero-order valence-corrected chi connectivity index (χ0v) is 13.0. The molecule has 0 fully saturated rings. The molecule has 0 aliphatic carbocycles. The van der Waals surface area contributed by atoms with Crippen LogP contribution in [0.3, 0.4) is 0 Å². The van der Waals surface area contributed by atoms with Gasteiger partial charge in [-0.05, 0) is 36.8 Å². The number of para-hydroxylation sites is 1. The van der Waals surface area contributed by atoms with Gasteiger partial charge in [-0.2, -0.15) is 0 Å². The Balaban J connectivity index is 1.79. The SMILES string of the molecule is CC(=O)Nc1cccc(C(C)NCCOc2ccccc2)c1. The summed E-state index contributed by atoms with van der Waals surface area (Å²) in [7, 11) is 0. The summed E-state index contributed by atoms with van der Waals surface area (Å²) >= 11 is 0. The second-order valence-electron chi connectivity index (χ2n) is 5.14. The van der Waals surface area contributed by atoms with Crippen LogP contribution in [0.25, 0.3) is 0 Å². The molecule has 0 aliphatic heterocycles. The van der Waals surface area contributed by atoms with E-state index in [-0.39, 0.29) is 11.9 Å². The monoisotopic (exact) mass is 298 g/mol. The summed E-state index contributed by atoms with van der Waals surface area (Å²) in [5, 5.41) is 6.21. The summed E-state index contributed by atoms with van der Waals surface area (Å²) < 4.78 is 5.65. The quantitative estimate of drug-likeness (QED) is 0.771. The van der Waals surface area contributed by atoms with Gasteiger partial charge in [0.1, 0.15) is 12.4 Å². The molecule has 0 spiro atoms. The number of nitrogens with one attached hydrogen (secondary N) is 2. The Hall–Kier alpha value is -2.33. The Kier molecular flexibility index (Phi) is 5.98. The van der Waals surface area contributed by atoms with E-state index in [1.807, 2.05) is 54.6 Å². The number of carbonyl (C=O) groups is 1. The van der Waals surface area contributed by atoms with Gasteiger partial charge < -0.3 is 15.4 Å². The van der Waals surface area contributed by atoms with Gasteiger partial charge in [0.25, 0.3) is 0 Å². The highest BCUT2D eigenvalue weighted by molar-refractivity contribution is 5.88. The molecule has 0 saturated carbocycles. The molecule has 1 amide bonds. The maximum atomic E-state index is 11.1. The van der Waals surface area contributed by atoms with Crippen molar-refractivity contribution in [2.45, 2.75) is 19.9 Å². The van der Waals surface area contributed by atoms with Crippen LogP contribution in [0, 0.1) is 0 Å².